The van der Waals surface area contributed by atoms with Gasteiger partial charge in [-0.3, -0.25) is 14.4 Å². The highest BCUT2D eigenvalue weighted by Gasteiger charge is 2.46. The molecule has 0 spiro atoms. The Balaban J connectivity index is 3.03. The van der Waals surface area contributed by atoms with Gasteiger partial charge in [0.05, 0.1) is 12.8 Å². The highest BCUT2D eigenvalue weighted by atomic mass is 16.6. The van der Waals surface area contributed by atoms with Crippen molar-refractivity contribution in [3.8, 4) is 0 Å². The Morgan fingerprint density at radius 2 is 1.57 bits per heavy atom. The number of carbonyl (C=O) groups excluding carboxylic acids is 3. The molecule has 1 aliphatic heterocycles. The zero-order valence-electron chi connectivity index (χ0n) is 11.8. The fourth-order valence-corrected chi connectivity index (χ4v) is 1.96. The van der Waals surface area contributed by atoms with E-state index >= 15 is 0 Å². The Labute approximate surface area is 120 Å². The van der Waals surface area contributed by atoms with Crippen molar-refractivity contribution in [3.05, 3.63) is 0 Å². The van der Waals surface area contributed by atoms with Crippen molar-refractivity contribution in [2.75, 3.05) is 6.61 Å². The summed E-state index contributed by atoms with van der Waals surface area (Å²) in [5, 5.41) is 11.4. The van der Waals surface area contributed by atoms with Gasteiger partial charge in [-0.05, 0) is 0 Å². The van der Waals surface area contributed by atoms with Crippen LogP contribution >= 0.6 is 0 Å². The molecule has 0 unspecified atom stereocenters. The van der Waals surface area contributed by atoms with E-state index in [1.165, 1.54) is 13.8 Å². The predicted molar refractivity (Wildman–Crippen MR) is 66.7 cm³/mol. The molecule has 118 valence electrons. The van der Waals surface area contributed by atoms with Crippen LogP contribution in [0.5, 0.6) is 0 Å². The second-order valence-electron chi connectivity index (χ2n) is 4.36. The lowest BCUT2D eigenvalue weighted by Gasteiger charge is -2.39. The van der Waals surface area contributed by atoms with E-state index in [4.69, 9.17) is 24.2 Å². The summed E-state index contributed by atoms with van der Waals surface area (Å²) in [6, 6.07) is 0. The van der Waals surface area contributed by atoms with E-state index < -0.39 is 42.3 Å². The predicted octanol–water partition coefficient (Wildman–Crippen LogP) is -0.360. The topological polar surface area (TPSA) is 121 Å². The van der Waals surface area contributed by atoms with Gasteiger partial charge in [-0.2, -0.15) is 0 Å². The molecule has 9 nitrogen and oxygen atoms in total. The van der Waals surface area contributed by atoms with Crippen LogP contribution in [0, 0.1) is 0 Å². The lowest BCUT2D eigenvalue weighted by Crippen LogP contribution is -2.57. The first-order valence-corrected chi connectivity index (χ1v) is 6.16. The van der Waals surface area contributed by atoms with Gasteiger partial charge in [-0.1, -0.05) is 5.16 Å². The Hall–Kier alpha value is -2.16. The maximum absolute atomic E-state index is 11.2. The first kappa shape index (κ1) is 16.9. The lowest BCUT2D eigenvalue weighted by molar-refractivity contribution is -0.215. The molecule has 9 heteroatoms. The molecule has 1 rings (SSSR count). The molecule has 4 atom stereocenters. The summed E-state index contributed by atoms with van der Waals surface area (Å²) in [7, 11) is 0. The van der Waals surface area contributed by atoms with Gasteiger partial charge in [0.1, 0.15) is 6.10 Å². The van der Waals surface area contributed by atoms with Gasteiger partial charge in [0.15, 0.2) is 18.3 Å². The van der Waals surface area contributed by atoms with E-state index in [-0.39, 0.29) is 6.61 Å². The summed E-state index contributed by atoms with van der Waals surface area (Å²) in [5.74, 6) is -1.90. The number of ether oxygens (including phenoxy) is 4. The van der Waals surface area contributed by atoms with E-state index in [2.05, 4.69) is 5.16 Å². The number of oxime groups is 1. The maximum Gasteiger partial charge on any atom is 0.303 e. The van der Waals surface area contributed by atoms with Crippen LogP contribution in [0.25, 0.3) is 0 Å². The average Bonchev–Trinajstić information content (AvgIpc) is 2.35. The van der Waals surface area contributed by atoms with Gasteiger partial charge in [0.25, 0.3) is 0 Å². The molecule has 1 N–H and O–H groups in total. The van der Waals surface area contributed by atoms with Crippen molar-refractivity contribution in [1.82, 2.24) is 0 Å². The highest BCUT2D eigenvalue weighted by Crippen LogP contribution is 2.23. The van der Waals surface area contributed by atoms with Gasteiger partial charge in [0.2, 0.25) is 0 Å². The molecular formula is C12H17NO8. The summed E-state index contributed by atoms with van der Waals surface area (Å²) >= 11 is 0. The zero-order valence-corrected chi connectivity index (χ0v) is 11.8. The summed E-state index contributed by atoms with van der Waals surface area (Å²) < 4.78 is 20.4. The Bertz CT molecular complexity index is 435. The van der Waals surface area contributed by atoms with E-state index in [1.807, 2.05) is 0 Å². The second-order valence-corrected chi connectivity index (χ2v) is 4.36. The summed E-state index contributed by atoms with van der Waals surface area (Å²) in [6.45, 7) is 3.41. The summed E-state index contributed by atoms with van der Waals surface area (Å²) in [4.78, 5) is 33.5. The molecule has 1 heterocycles. The zero-order chi connectivity index (χ0) is 16.0. The third-order valence-electron chi connectivity index (χ3n) is 2.60. The SMILES string of the molecule is CC(=O)O[C@@H]1[C@@H](OC(C)=O)[C@H](OC(C)=O)CO[C@H]1/C=N/O. The smallest absolute Gasteiger partial charge is 0.303 e. The minimum Gasteiger partial charge on any atom is -0.456 e. The van der Waals surface area contributed by atoms with Crippen molar-refractivity contribution in [1.29, 1.82) is 0 Å². The molecule has 0 aromatic heterocycles. The fourth-order valence-electron chi connectivity index (χ4n) is 1.96. The molecule has 0 saturated carbocycles. The molecule has 1 aliphatic rings. The van der Waals surface area contributed by atoms with Crippen LogP contribution < -0.4 is 0 Å². The van der Waals surface area contributed by atoms with Crippen molar-refractivity contribution in [3.63, 3.8) is 0 Å². The van der Waals surface area contributed by atoms with E-state index in [0.717, 1.165) is 13.1 Å². The van der Waals surface area contributed by atoms with E-state index in [0.29, 0.717) is 0 Å². The van der Waals surface area contributed by atoms with Crippen molar-refractivity contribution < 1.29 is 38.5 Å². The fraction of sp³-hybridized carbons (Fsp3) is 0.667. The van der Waals surface area contributed by atoms with E-state index in [9.17, 15) is 14.4 Å². The minimum atomic E-state index is -1.10. The number of rotatable bonds is 4. The maximum atomic E-state index is 11.2. The monoisotopic (exact) mass is 303 g/mol. The van der Waals surface area contributed by atoms with Crippen molar-refractivity contribution >= 4 is 24.1 Å². The first-order chi connectivity index (χ1) is 9.85. The number of esters is 3. The van der Waals surface area contributed by atoms with Gasteiger partial charge in [0, 0.05) is 20.8 Å². The van der Waals surface area contributed by atoms with Gasteiger partial charge < -0.3 is 24.2 Å². The second kappa shape index (κ2) is 7.58. The summed E-state index contributed by atoms with van der Waals surface area (Å²) in [5.41, 5.74) is 0. The number of carbonyl (C=O) groups is 3. The van der Waals surface area contributed by atoms with Gasteiger partial charge in [-0.25, -0.2) is 0 Å². The molecule has 1 saturated heterocycles. The number of hydrogen-bond acceptors (Lipinski definition) is 9. The quantitative estimate of drug-likeness (QED) is 0.246. The van der Waals surface area contributed by atoms with Gasteiger partial charge in [-0.15, -0.1) is 0 Å². The number of hydrogen-bond donors (Lipinski definition) is 1. The molecule has 0 radical (unpaired) electrons. The Morgan fingerprint density at radius 3 is 2.05 bits per heavy atom. The van der Waals surface area contributed by atoms with Crippen LogP contribution in [0.3, 0.4) is 0 Å². The average molecular weight is 303 g/mol. The lowest BCUT2D eigenvalue weighted by atomic mass is 10.00. The number of nitrogens with zero attached hydrogens (tertiary/aromatic N) is 1. The third-order valence-corrected chi connectivity index (χ3v) is 2.60. The van der Waals surface area contributed by atoms with Crippen LogP contribution in [0.15, 0.2) is 5.16 Å². The normalized spacial score (nSPS) is 28.9. The summed E-state index contributed by atoms with van der Waals surface area (Å²) in [6.07, 6.45) is -3.03. The molecule has 1 fully saturated rings. The van der Waals surface area contributed by atoms with Crippen LogP contribution in [-0.4, -0.2) is 60.4 Å². The third kappa shape index (κ3) is 5.03. The van der Waals surface area contributed by atoms with Crippen LogP contribution in [-0.2, 0) is 33.3 Å². The molecule has 0 bridgehead atoms. The van der Waals surface area contributed by atoms with E-state index in [1.54, 1.807) is 0 Å². The minimum absolute atomic E-state index is 0.105. The molecule has 21 heavy (non-hydrogen) atoms. The van der Waals surface area contributed by atoms with Gasteiger partial charge >= 0.3 is 17.9 Å². The molecule has 0 aromatic carbocycles. The first-order valence-electron chi connectivity index (χ1n) is 6.16. The molecule has 0 aliphatic carbocycles. The largest absolute Gasteiger partial charge is 0.456 e. The standard InChI is InChI=1S/C12H17NO8/c1-6(14)19-10-5-18-9(4-13-17)11(20-7(2)15)12(10)21-8(3)16/h4,9-12,17H,5H2,1-3H3/b13-4+/t9-,10+,11-,12-/m0/s1. The highest BCUT2D eigenvalue weighted by molar-refractivity contribution is 5.70. The molecule has 0 aromatic rings. The Kier molecular flexibility index (Phi) is 6.10. The van der Waals surface area contributed by atoms with Crippen LogP contribution in [0.4, 0.5) is 0 Å². The van der Waals surface area contributed by atoms with Crippen molar-refractivity contribution in [2.45, 2.75) is 45.2 Å². The molecule has 0 amide bonds. The van der Waals surface area contributed by atoms with Crippen LogP contribution in [0.1, 0.15) is 20.8 Å². The Morgan fingerprint density at radius 1 is 1.05 bits per heavy atom. The van der Waals surface area contributed by atoms with Crippen molar-refractivity contribution in [2.24, 2.45) is 5.16 Å². The van der Waals surface area contributed by atoms with Crippen LogP contribution in [0.2, 0.25) is 0 Å². The molecular weight excluding hydrogens is 286 g/mol.